The van der Waals surface area contributed by atoms with Crippen LogP contribution in [0.3, 0.4) is 0 Å². The van der Waals surface area contributed by atoms with Crippen molar-refractivity contribution in [2.24, 2.45) is 0 Å². The van der Waals surface area contributed by atoms with Crippen molar-refractivity contribution in [1.29, 1.82) is 0 Å². The molecule has 0 heterocycles. The number of alkyl halides is 1. The fourth-order valence-electron chi connectivity index (χ4n) is 2.58. The van der Waals surface area contributed by atoms with E-state index < -0.39 is 21.7 Å². The molecule has 1 rings (SSSR count). The highest BCUT2D eigenvalue weighted by atomic mass is 35.5. The fraction of sp³-hybridized carbons (Fsp3) is 0.933. The zero-order chi connectivity index (χ0) is 17.5. The fourth-order valence-corrected chi connectivity index (χ4v) is 4.21. The van der Waals surface area contributed by atoms with Gasteiger partial charge in [-0.05, 0) is 46.5 Å². The van der Waals surface area contributed by atoms with Crippen LogP contribution in [0.4, 0.5) is 4.79 Å². The predicted molar refractivity (Wildman–Crippen MR) is 92.3 cm³/mol. The molecule has 0 aliphatic heterocycles. The molecule has 6 nitrogen and oxygen atoms in total. The molecule has 0 saturated heterocycles. The maximum absolute atomic E-state index is 12.1. The number of hydrogen-bond acceptors (Lipinski definition) is 4. The molecule has 0 unspecified atom stereocenters. The average molecular weight is 369 g/mol. The van der Waals surface area contributed by atoms with Crippen molar-refractivity contribution in [1.82, 2.24) is 10.0 Å². The third-order valence-electron chi connectivity index (χ3n) is 3.60. The molecule has 0 aromatic carbocycles. The van der Waals surface area contributed by atoms with Gasteiger partial charge < -0.3 is 10.1 Å². The van der Waals surface area contributed by atoms with E-state index in [4.69, 9.17) is 16.3 Å². The van der Waals surface area contributed by atoms with Crippen molar-refractivity contribution in [3.8, 4) is 0 Å². The topological polar surface area (TPSA) is 84.5 Å². The Bertz CT molecular complexity index is 476. The number of halogens is 1. The number of ether oxygens (including phenoxy) is 1. The minimum Gasteiger partial charge on any atom is -0.444 e. The van der Waals surface area contributed by atoms with Crippen LogP contribution >= 0.6 is 11.6 Å². The maximum Gasteiger partial charge on any atom is 0.407 e. The first-order valence-electron chi connectivity index (χ1n) is 8.18. The van der Waals surface area contributed by atoms with Crippen molar-refractivity contribution in [2.75, 3.05) is 11.6 Å². The monoisotopic (exact) mass is 368 g/mol. The van der Waals surface area contributed by atoms with Crippen LogP contribution in [0.1, 0.15) is 59.3 Å². The van der Waals surface area contributed by atoms with Gasteiger partial charge in [-0.15, -0.1) is 11.6 Å². The van der Waals surface area contributed by atoms with Crippen molar-refractivity contribution < 1.29 is 17.9 Å². The first-order valence-corrected chi connectivity index (χ1v) is 10.4. The molecule has 2 N–H and O–H groups in total. The van der Waals surface area contributed by atoms with Gasteiger partial charge in [0.15, 0.2) is 0 Å². The Hall–Kier alpha value is -0.530. The molecule has 1 aliphatic rings. The van der Waals surface area contributed by atoms with E-state index in [9.17, 15) is 13.2 Å². The van der Waals surface area contributed by atoms with Gasteiger partial charge in [-0.25, -0.2) is 17.9 Å². The molecule has 0 radical (unpaired) electrons. The first-order chi connectivity index (χ1) is 10.6. The molecule has 0 aromatic rings. The molecule has 1 fully saturated rings. The highest BCUT2D eigenvalue weighted by Gasteiger charge is 2.31. The van der Waals surface area contributed by atoms with E-state index in [1.54, 1.807) is 20.8 Å². The van der Waals surface area contributed by atoms with Gasteiger partial charge in [-0.2, -0.15) is 0 Å². The van der Waals surface area contributed by atoms with Gasteiger partial charge in [0.05, 0.1) is 5.75 Å². The average Bonchev–Trinajstić information content (AvgIpc) is 2.38. The van der Waals surface area contributed by atoms with Crippen LogP contribution in [0.2, 0.25) is 0 Å². The van der Waals surface area contributed by atoms with E-state index in [0.29, 0.717) is 18.7 Å². The summed E-state index contributed by atoms with van der Waals surface area (Å²) in [6.45, 7) is 5.39. The number of unbranched alkanes of at least 4 members (excludes halogenated alkanes) is 1. The zero-order valence-corrected chi connectivity index (χ0v) is 15.8. The van der Waals surface area contributed by atoms with Gasteiger partial charge in [-0.1, -0.05) is 12.8 Å². The molecular weight excluding hydrogens is 340 g/mol. The predicted octanol–water partition coefficient (Wildman–Crippen LogP) is 2.76. The van der Waals surface area contributed by atoms with E-state index >= 15 is 0 Å². The second-order valence-electron chi connectivity index (χ2n) is 6.98. The lowest BCUT2D eigenvalue weighted by Crippen LogP contribution is -2.54. The maximum atomic E-state index is 12.1. The molecule has 1 aliphatic carbocycles. The summed E-state index contributed by atoms with van der Waals surface area (Å²) in [4.78, 5) is 11.9. The van der Waals surface area contributed by atoms with E-state index in [1.165, 1.54) is 0 Å². The SMILES string of the molecule is CC(C)(C)OC(=O)N[C@@H]1CCCC[C@H]1NS(=O)(=O)CCCCCl. The van der Waals surface area contributed by atoms with Crippen molar-refractivity contribution in [2.45, 2.75) is 77.0 Å². The summed E-state index contributed by atoms with van der Waals surface area (Å²) < 4.78 is 32.3. The number of hydrogen-bond donors (Lipinski definition) is 2. The minimum absolute atomic E-state index is 0.0649. The van der Waals surface area contributed by atoms with E-state index in [0.717, 1.165) is 25.7 Å². The summed E-state index contributed by atoms with van der Waals surface area (Å²) in [7, 11) is -3.36. The molecule has 23 heavy (non-hydrogen) atoms. The largest absolute Gasteiger partial charge is 0.444 e. The van der Waals surface area contributed by atoms with Gasteiger partial charge in [0.2, 0.25) is 10.0 Å². The summed E-state index contributed by atoms with van der Waals surface area (Å²) in [6, 6.07) is -0.515. The van der Waals surface area contributed by atoms with Gasteiger partial charge in [0.25, 0.3) is 0 Å². The third kappa shape index (κ3) is 8.77. The van der Waals surface area contributed by atoms with Crippen LogP contribution in [-0.4, -0.2) is 43.8 Å². The number of sulfonamides is 1. The zero-order valence-electron chi connectivity index (χ0n) is 14.2. The summed E-state index contributed by atoms with van der Waals surface area (Å²) in [6.07, 6.45) is 4.08. The number of rotatable bonds is 7. The molecule has 0 spiro atoms. The Morgan fingerprint density at radius 3 is 2.35 bits per heavy atom. The van der Waals surface area contributed by atoms with E-state index in [2.05, 4.69) is 10.0 Å². The first kappa shape index (κ1) is 20.5. The van der Waals surface area contributed by atoms with Crippen molar-refractivity contribution >= 4 is 27.7 Å². The van der Waals surface area contributed by atoms with E-state index in [-0.39, 0.29) is 17.8 Å². The third-order valence-corrected chi connectivity index (χ3v) is 5.35. The lowest BCUT2D eigenvalue weighted by molar-refractivity contribution is 0.0483. The lowest BCUT2D eigenvalue weighted by Gasteiger charge is -2.33. The van der Waals surface area contributed by atoms with Crippen molar-refractivity contribution in [3.05, 3.63) is 0 Å². The lowest BCUT2D eigenvalue weighted by atomic mass is 9.91. The molecule has 2 atom stereocenters. The van der Waals surface area contributed by atoms with Crippen LogP contribution in [0.25, 0.3) is 0 Å². The van der Waals surface area contributed by atoms with Crippen molar-refractivity contribution in [3.63, 3.8) is 0 Å². The van der Waals surface area contributed by atoms with Gasteiger partial charge >= 0.3 is 6.09 Å². The van der Waals surface area contributed by atoms with Gasteiger partial charge in [0, 0.05) is 18.0 Å². The number of carbonyl (C=O) groups excluding carboxylic acids is 1. The van der Waals surface area contributed by atoms with Gasteiger partial charge in [-0.3, -0.25) is 0 Å². The smallest absolute Gasteiger partial charge is 0.407 e. The number of nitrogens with one attached hydrogen (secondary N) is 2. The molecule has 136 valence electrons. The Morgan fingerprint density at radius 1 is 1.17 bits per heavy atom. The van der Waals surface area contributed by atoms with Crippen LogP contribution in [0.15, 0.2) is 0 Å². The summed E-state index contributed by atoms with van der Waals surface area (Å²) in [5.74, 6) is 0.525. The second kappa shape index (κ2) is 9.08. The Morgan fingerprint density at radius 2 is 1.78 bits per heavy atom. The Labute approximate surface area is 144 Å². The van der Waals surface area contributed by atoms with Crippen LogP contribution in [-0.2, 0) is 14.8 Å². The second-order valence-corrected chi connectivity index (χ2v) is 9.23. The minimum atomic E-state index is -3.36. The molecule has 1 saturated carbocycles. The number of carbonyl (C=O) groups is 1. The Balaban J connectivity index is 2.59. The molecule has 0 bridgehead atoms. The molecular formula is C15H29ClN2O4S. The van der Waals surface area contributed by atoms with Crippen LogP contribution in [0.5, 0.6) is 0 Å². The Kier molecular flexibility index (Phi) is 8.10. The van der Waals surface area contributed by atoms with Crippen LogP contribution < -0.4 is 10.0 Å². The normalized spacial score (nSPS) is 22.6. The number of alkyl carbamates (subject to hydrolysis) is 1. The quantitative estimate of drug-likeness (QED) is 0.534. The summed E-state index contributed by atoms with van der Waals surface area (Å²) in [5.41, 5.74) is -0.574. The standard InChI is InChI=1S/C15H29ClN2O4S/c1-15(2,3)22-14(19)17-12-8-4-5-9-13(12)18-23(20,21)11-7-6-10-16/h12-13,18H,4-11H2,1-3H3,(H,17,19)/t12-,13-/m1/s1. The summed E-state index contributed by atoms with van der Waals surface area (Å²) in [5, 5.41) is 2.81. The van der Waals surface area contributed by atoms with Gasteiger partial charge in [0.1, 0.15) is 5.60 Å². The molecule has 0 aromatic heterocycles. The van der Waals surface area contributed by atoms with Crippen LogP contribution in [0, 0.1) is 0 Å². The van der Waals surface area contributed by atoms with E-state index in [1.807, 2.05) is 0 Å². The highest BCUT2D eigenvalue weighted by molar-refractivity contribution is 7.89. The highest BCUT2D eigenvalue weighted by Crippen LogP contribution is 2.20. The number of amides is 1. The molecule has 8 heteroatoms. The summed E-state index contributed by atoms with van der Waals surface area (Å²) >= 11 is 5.58. The molecule has 1 amide bonds.